The van der Waals surface area contributed by atoms with E-state index in [1.54, 1.807) is 17.5 Å². The van der Waals surface area contributed by atoms with Gasteiger partial charge in [-0.15, -0.1) is 11.3 Å². The van der Waals surface area contributed by atoms with Gasteiger partial charge in [-0.2, -0.15) is 0 Å². The number of thiophene rings is 1. The zero-order valence-corrected chi connectivity index (χ0v) is 19.8. The lowest BCUT2D eigenvalue weighted by atomic mass is 9.84. The minimum atomic E-state index is 0.0455. The van der Waals surface area contributed by atoms with Crippen molar-refractivity contribution in [3.8, 4) is 11.3 Å². The summed E-state index contributed by atoms with van der Waals surface area (Å²) in [6.07, 6.45) is 8.36. The second-order valence-corrected chi connectivity index (χ2v) is 10.4. The quantitative estimate of drug-likeness (QED) is 0.285. The maximum Gasteiger partial charge on any atom is 0.235 e. The van der Waals surface area contributed by atoms with E-state index < -0.39 is 0 Å². The number of hydrogen-bond donors (Lipinski definition) is 2. The van der Waals surface area contributed by atoms with Crippen molar-refractivity contribution in [2.45, 2.75) is 19.3 Å². The van der Waals surface area contributed by atoms with Gasteiger partial charge in [0.25, 0.3) is 0 Å². The van der Waals surface area contributed by atoms with Crippen molar-refractivity contribution >= 4 is 70.8 Å². The minimum absolute atomic E-state index is 0.0455. The first-order valence-electron chi connectivity index (χ1n) is 12.0. The van der Waals surface area contributed by atoms with Crippen LogP contribution in [0.1, 0.15) is 24.1 Å². The molecule has 3 aliphatic rings. The number of para-hydroxylation sites is 1. The monoisotopic (exact) mass is 489 g/mol. The van der Waals surface area contributed by atoms with Crippen molar-refractivity contribution in [2.24, 2.45) is 5.92 Å². The van der Waals surface area contributed by atoms with E-state index in [0.29, 0.717) is 5.65 Å². The summed E-state index contributed by atoms with van der Waals surface area (Å²) < 4.78 is 2.88. The lowest BCUT2D eigenvalue weighted by molar-refractivity contribution is 0.0776. The van der Waals surface area contributed by atoms with E-state index in [2.05, 4.69) is 38.4 Å². The van der Waals surface area contributed by atoms with Crippen molar-refractivity contribution in [3.05, 3.63) is 61.1 Å². The highest BCUT2D eigenvalue weighted by Gasteiger charge is 2.27. The highest BCUT2D eigenvalue weighted by atomic mass is 32.1. The number of aromatic amines is 2. The number of nitrogens with zero attached hydrogens (tertiary/aromatic N) is 5. The molecule has 0 amide bonds. The van der Waals surface area contributed by atoms with E-state index in [1.165, 1.54) is 0 Å². The molecule has 36 heavy (non-hydrogen) atoms. The van der Waals surface area contributed by atoms with Crippen LogP contribution in [-0.4, -0.2) is 40.6 Å². The molecule has 8 bridgehead atoms. The van der Waals surface area contributed by atoms with Gasteiger partial charge in [0.05, 0.1) is 22.7 Å². The Bertz CT molecular complexity index is 2020. The fraction of sp³-hybridized carbons (Fsp3) is 0.148. The molecule has 0 unspecified atom stereocenters. The van der Waals surface area contributed by atoms with Crippen LogP contribution in [0.4, 0.5) is 0 Å². The Hall–Kier alpha value is -4.37. The molecular formula is C27H19N7OS. The number of rotatable bonds is 1. The summed E-state index contributed by atoms with van der Waals surface area (Å²) in [7, 11) is 0. The van der Waals surface area contributed by atoms with E-state index in [9.17, 15) is 4.79 Å². The highest BCUT2D eigenvalue weighted by molar-refractivity contribution is 7.24. The third-order valence-corrected chi connectivity index (χ3v) is 8.32. The zero-order valence-electron chi connectivity index (χ0n) is 19.0. The summed E-state index contributed by atoms with van der Waals surface area (Å²) in [5, 5.41) is 9.14. The van der Waals surface area contributed by atoms with Gasteiger partial charge in [-0.3, -0.25) is 24.5 Å². The lowest BCUT2D eigenvalue weighted by Crippen LogP contribution is -2.27. The molecule has 4 aromatic heterocycles. The predicted molar refractivity (Wildman–Crippen MR) is 142 cm³/mol. The molecule has 1 saturated carbocycles. The number of fused-ring (bicyclic) bond motifs is 9. The summed E-state index contributed by atoms with van der Waals surface area (Å²) in [5.74, 6) is 0.173. The molecule has 0 saturated heterocycles. The number of benzene rings is 1. The van der Waals surface area contributed by atoms with Gasteiger partial charge in [0.2, 0.25) is 5.91 Å². The molecular weight excluding hydrogens is 470 g/mol. The topological polar surface area (TPSA) is 105 Å². The number of carbonyl (C=O) groups excluding carboxylic acids is 1. The summed E-state index contributed by atoms with van der Waals surface area (Å²) >= 11 is 1.59. The molecule has 8 nitrogen and oxygen atoms in total. The predicted octanol–water partition coefficient (Wildman–Crippen LogP) is 6.22. The maximum absolute atomic E-state index is 13.7. The third kappa shape index (κ3) is 2.83. The molecule has 2 aliphatic heterocycles. The van der Waals surface area contributed by atoms with E-state index in [0.717, 1.165) is 78.4 Å². The number of hydrogen-bond acceptors (Lipinski definition) is 6. The molecule has 1 aromatic carbocycles. The molecule has 0 spiro atoms. The Kier molecular flexibility index (Phi) is 4.04. The molecule has 8 rings (SSSR count). The Morgan fingerprint density at radius 3 is 2.81 bits per heavy atom. The van der Waals surface area contributed by atoms with Crippen LogP contribution in [0.15, 0.2) is 61.1 Å². The normalized spacial score (nSPS) is 14.3. The van der Waals surface area contributed by atoms with Crippen LogP contribution in [0.3, 0.4) is 0 Å². The van der Waals surface area contributed by atoms with E-state index in [1.807, 2.05) is 41.2 Å². The lowest BCUT2D eigenvalue weighted by Gasteiger charge is -2.24. The van der Waals surface area contributed by atoms with Gasteiger partial charge < -0.3 is 0 Å². The molecule has 5 aromatic rings. The molecule has 0 atom stereocenters. The van der Waals surface area contributed by atoms with Gasteiger partial charge in [0.1, 0.15) is 10.5 Å². The fourth-order valence-corrected chi connectivity index (χ4v) is 6.13. The zero-order chi connectivity index (χ0) is 23.8. The van der Waals surface area contributed by atoms with Crippen LogP contribution in [0.2, 0.25) is 0 Å². The smallest absolute Gasteiger partial charge is 0.235 e. The SMILES string of the molecule is O=C(C1CCC1)n1c2cncc(c2)c2cnc3[nH][nH]c(c4nc5cccc(c6ccc1s6)c5n4)-c3c2. The Morgan fingerprint density at radius 1 is 1.00 bits per heavy atom. The number of nitrogens with one attached hydrogen (secondary N) is 2. The molecule has 174 valence electrons. The molecule has 1 fully saturated rings. The first kappa shape index (κ1) is 19.9. The summed E-state index contributed by atoms with van der Waals surface area (Å²) in [6, 6.07) is 14.2. The number of carbonyl (C=O) groups is 1. The Morgan fingerprint density at radius 2 is 1.92 bits per heavy atom. The number of imidazole rings is 1. The molecule has 6 heterocycles. The van der Waals surface area contributed by atoms with Crippen LogP contribution >= 0.6 is 11.3 Å². The number of H-pyrrole nitrogens is 2. The van der Waals surface area contributed by atoms with Gasteiger partial charge in [-0.1, -0.05) is 18.6 Å². The van der Waals surface area contributed by atoms with Gasteiger partial charge in [0.15, 0.2) is 11.3 Å². The number of aromatic nitrogens is 7. The van der Waals surface area contributed by atoms with Crippen LogP contribution in [-0.2, 0) is 0 Å². The number of pyridine rings is 2. The van der Waals surface area contributed by atoms with Crippen molar-refractivity contribution in [2.75, 3.05) is 0 Å². The Balaban J connectivity index is 1.59. The molecule has 9 heteroatoms. The van der Waals surface area contributed by atoms with E-state index >= 15 is 0 Å². The first-order chi connectivity index (χ1) is 17.7. The Labute approximate surface area is 207 Å². The molecule has 1 aliphatic carbocycles. The average molecular weight is 490 g/mol. The van der Waals surface area contributed by atoms with Crippen molar-refractivity contribution in [1.29, 1.82) is 0 Å². The second-order valence-electron chi connectivity index (χ2n) is 9.34. The van der Waals surface area contributed by atoms with Gasteiger partial charge in [-0.05, 0) is 43.2 Å². The second kappa shape index (κ2) is 7.32. The summed E-state index contributed by atoms with van der Waals surface area (Å²) in [6.45, 7) is 0. The van der Waals surface area contributed by atoms with E-state index in [-0.39, 0.29) is 11.8 Å². The van der Waals surface area contributed by atoms with Crippen LogP contribution in [0.5, 0.6) is 0 Å². The van der Waals surface area contributed by atoms with Crippen molar-refractivity contribution in [1.82, 2.24) is 34.7 Å². The maximum atomic E-state index is 13.7. The van der Waals surface area contributed by atoms with Crippen LogP contribution in [0.25, 0.3) is 64.8 Å². The van der Waals surface area contributed by atoms with Crippen LogP contribution < -0.4 is 0 Å². The fourth-order valence-electron chi connectivity index (χ4n) is 5.07. The van der Waals surface area contributed by atoms with Gasteiger partial charge in [-0.25, -0.2) is 15.0 Å². The summed E-state index contributed by atoms with van der Waals surface area (Å²) in [5.41, 5.74) is 5.44. The minimum Gasteiger partial charge on any atom is -0.295 e. The van der Waals surface area contributed by atoms with Crippen LogP contribution in [0, 0.1) is 5.92 Å². The standard InChI is InChI=1S/C27H19N7OS/c35-27(14-3-1-4-14)34-17-9-15(11-28-13-17)16-10-19-24(32-33-25(19)29-12-16)26-30-20-6-2-5-18(23(20)31-26)21-7-8-22(34)36-21/h2,5-14,32H,1,3-4H2,(H,29,33). The van der Waals surface area contributed by atoms with Crippen molar-refractivity contribution < 1.29 is 4.79 Å². The highest BCUT2D eigenvalue weighted by Crippen LogP contribution is 2.34. The molecule has 0 radical (unpaired) electrons. The largest absolute Gasteiger partial charge is 0.295 e. The third-order valence-electron chi connectivity index (χ3n) is 7.21. The van der Waals surface area contributed by atoms with E-state index in [4.69, 9.17) is 9.97 Å². The first-order valence-corrected chi connectivity index (χ1v) is 12.8. The van der Waals surface area contributed by atoms with Gasteiger partial charge in [0, 0.05) is 44.7 Å². The van der Waals surface area contributed by atoms with Crippen molar-refractivity contribution in [3.63, 3.8) is 0 Å². The molecule has 2 N–H and O–H groups in total. The summed E-state index contributed by atoms with van der Waals surface area (Å²) in [4.78, 5) is 33.5. The average Bonchev–Trinajstić information content (AvgIpc) is 3.60. The van der Waals surface area contributed by atoms with Gasteiger partial charge >= 0.3 is 0 Å².